The Kier molecular flexibility index (Phi) is 4.24. The van der Waals surface area contributed by atoms with Crippen molar-refractivity contribution in [1.82, 2.24) is 0 Å². The lowest BCUT2D eigenvalue weighted by molar-refractivity contribution is 0.626. The minimum Gasteiger partial charge on any atom is -0.207 e. The van der Waals surface area contributed by atoms with Gasteiger partial charge in [0.15, 0.2) is 0 Å². The Morgan fingerprint density at radius 1 is 1.11 bits per heavy atom. The van der Waals surface area contributed by atoms with Gasteiger partial charge in [-0.1, -0.05) is 37.7 Å². The van der Waals surface area contributed by atoms with Crippen LogP contribution in [0.3, 0.4) is 0 Å². The maximum Gasteiger partial charge on any atom is 0.124 e. The number of halogens is 1. The van der Waals surface area contributed by atoms with Gasteiger partial charge in [0.1, 0.15) is 11.9 Å². The van der Waals surface area contributed by atoms with Crippen LogP contribution < -0.4 is 0 Å². The quantitative estimate of drug-likeness (QED) is 0.786. The van der Waals surface area contributed by atoms with Crippen molar-refractivity contribution < 1.29 is 4.39 Å². The Bertz CT molecular complexity index is 612. The van der Waals surface area contributed by atoms with Crippen LogP contribution in [0.2, 0.25) is 0 Å². The van der Waals surface area contributed by atoms with Gasteiger partial charge >= 0.3 is 0 Å². The molecule has 0 aliphatic rings. The highest BCUT2D eigenvalue weighted by molar-refractivity contribution is 7.99. The van der Waals surface area contributed by atoms with E-state index in [1.165, 1.54) is 29.5 Å². The second-order valence-electron chi connectivity index (χ2n) is 4.58. The lowest BCUT2D eigenvalue weighted by atomic mass is 10.0. The number of rotatable bonds is 3. The third kappa shape index (κ3) is 3.36. The predicted molar refractivity (Wildman–Crippen MR) is 75.8 cm³/mol. The van der Waals surface area contributed by atoms with E-state index in [9.17, 15) is 4.39 Å². The van der Waals surface area contributed by atoms with Crippen molar-refractivity contribution in [2.24, 2.45) is 0 Å². The summed E-state index contributed by atoms with van der Waals surface area (Å²) in [6.07, 6.45) is 0. The van der Waals surface area contributed by atoms with Crippen LogP contribution in [0.5, 0.6) is 0 Å². The van der Waals surface area contributed by atoms with E-state index in [4.69, 9.17) is 5.26 Å². The molecule has 0 saturated carbocycles. The number of hydrogen-bond acceptors (Lipinski definition) is 2. The summed E-state index contributed by atoms with van der Waals surface area (Å²) in [7, 11) is 0. The van der Waals surface area contributed by atoms with Gasteiger partial charge in [0.25, 0.3) is 0 Å². The fraction of sp³-hybridized carbons (Fsp3) is 0.188. The van der Waals surface area contributed by atoms with Crippen LogP contribution >= 0.6 is 11.8 Å². The first-order valence-electron chi connectivity index (χ1n) is 6.07. The molecular weight excluding hydrogens is 257 g/mol. The van der Waals surface area contributed by atoms with Gasteiger partial charge in [-0.15, -0.1) is 0 Å². The van der Waals surface area contributed by atoms with Crippen LogP contribution in [0.25, 0.3) is 0 Å². The highest BCUT2D eigenvalue weighted by Crippen LogP contribution is 2.31. The number of nitriles is 1. The van der Waals surface area contributed by atoms with E-state index in [1.54, 1.807) is 6.07 Å². The van der Waals surface area contributed by atoms with E-state index >= 15 is 0 Å². The van der Waals surface area contributed by atoms with Crippen molar-refractivity contribution in [2.75, 3.05) is 0 Å². The molecular formula is C16H14FNS. The number of benzene rings is 2. The fourth-order valence-corrected chi connectivity index (χ4v) is 2.60. The number of nitrogens with zero attached hydrogens (tertiary/aromatic N) is 1. The van der Waals surface area contributed by atoms with Crippen molar-refractivity contribution in [3.05, 3.63) is 59.4 Å². The van der Waals surface area contributed by atoms with E-state index in [-0.39, 0.29) is 5.82 Å². The molecule has 2 aromatic carbocycles. The largest absolute Gasteiger partial charge is 0.207 e. The molecule has 0 saturated heterocycles. The normalized spacial score (nSPS) is 10.5. The molecule has 0 bridgehead atoms. The van der Waals surface area contributed by atoms with Crippen LogP contribution in [0.4, 0.5) is 4.39 Å². The smallest absolute Gasteiger partial charge is 0.124 e. The zero-order valence-corrected chi connectivity index (χ0v) is 11.7. The van der Waals surface area contributed by atoms with Crippen LogP contribution in [0.1, 0.15) is 30.9 Å². The van der Waals surface area contributed by atoms with E-state index in [1.807, 2.05) is 18.2 Å². The Balaban J connectivity index is 2.24. The molecule has 19 heavy (non-hydrogen) atoms. The molecule has 0 unspecified atom stereocenters. The summed E-state index contributed by atoms with van der Waals surface area (Å²) in [5.74, 6) is 0.121. The van der Waals surface area contributed by atoms with Gasteiger partial charge in [-0.05, 0) is 41.8 Å². The summed E-state index contributed by atoms with van der Waals surface area (Å²) in [5, 5.41) is 9.01. The molecule has 2 rings (SSSR count). The maximum atomic E-state index is 13.1. The van der Waals surface area contributed by atoms with Crippen molar-refractivity contribution in [2.45, 2.75) is 29.6 Å². The minimum absolute atomic E-state index is 0.373. The summed E-state index contributed by atoms with van der Waals surface area (Å²) in [5.41, 5.74) is 1.65. The topological polar surface area (TPSA) is 23.8 Å². The van der Waals surface area contributed by atoms with Crippen LogP contribution in [0, 0.1) is 17.1 Å². The SMILES string of the molecule is CC(C)c1ccc(Sc2ccc(F)cc2C#N)cc1. The first-order chi connectivity index (χ1) is 9.10. The summed E-state index contributed by atoms with van der Waals surface area (Å²) in [6.45, 7) is 4.30. The molecule has 0 spiro atoms. The maximum absolute atomic E-state index is 13.1. The van der Waals surface area contributed by atoms with Crippen LogP contribution in [-0.2, 0) is 0 Å². The van der Waals surface area contributed by atoms with Crippen molar-refractivity contribution >= 4 is 11.8 Å². The van der Waals surface area contributed by atoms with E-state index < -0.39 is 0 Å². The average Bonchev–Trinajstić information content (AvgIpc) is 2.41. The van der Waals surface area contributed by atoms with Gasteiger partial charge in [0.2, 0.25) is 0 Å². The monoisotopic (exact) mass is 271 g/mol. The highest BCUT2D eigenvalue weighted by atomic mass is 32.2. The lowest BCUT2D eigenvalue weighted by Gasteiger charge is -2.07. The molecule has 0 radical (unpaired) electrons. The highest BCUT2D eigenvalue weighted by Gasteiger charge is 2.06. The molecule has 1 nitrogen and oxygen atoms in total. The van der Waals surface area contributed by atoms with Gasteiger partial charge in [-0.25, -0.2) is 4.39 Å². The van der Waals surface area contributed by atoms with Crippen molar-refractivity contribution in [3.8, 4) is 6.07 Å². The van der Waals surface area contributed by atoms with Crippen LogP contribution in [0.15, 0.2) is 52.3 Å². The van der Waals surface area contributed by atoms with Gasteiger partial charge in [0.05, 0.1) is 5.56 Å². The fourth-order valence-electron chi connectivity index (χ4n) is 1.73. The summed E-state index contributed by atoms with van der Waals surface area (Å²) in [4.78, 5) is 1.83. The molecule has 2 aromatic rings. The molecule has 0 fully saturated rings. The third-order valence-electron chi connectivity index (χ3n) is 2.84. The summed E-state index contributed by atoms with van der Waals surface area (Å²) in [6, 6.07) is 14.6. The van der Waals surface area contributed by atoms with E-state index in [0.717, 1.165) is 9.79 Å². The lowest BCUT2D eigenvalue weighted by Crippen LogP contribution is -1.87. The van der Waals surface area contributed by atoms with Gasteiger partial charge in [-0.2, -0.15) is 5.26 Å². The average molecular weight is 271 g/mol. The zero-order chi connectivity index (χ0) is 13.8. The second kappa shape index (κ2) is 5.90. The third-order valence-corrected chi connectivity index (χ3v) is 3.92. The Morgan fingerprint density at radius 3 is 2.37 bits per heavy atom. The molecule has 0 amide bonds. The molecule has 0 aromatic heterocycles. The first kappa shape index (κ1) is 13.6. The van der Waals surface area contributed by atoms with Gasteiger partial charge < -0.3 is 0 Å². The second-order valence-corrected chi connectivity index (χ2v) is 5.69. The van der Waals surface area contributed by atoms with Crippen molar-refractivity contribution in [1.29, 1.82) is 5.26 Å². The molecule has 0 atom stereocenters. The molecule has 0 N–H and O–H groups in total. The van der Waals surface area contributed by atoms with E-state index in [0.29, 0.717) is 11.5 Å². The minimum atomic E-state index is -0.379. The predicted octanol–water partition coefficient (Wildman–Crippen LogP) is 4.97. The Hall–Kier alpha value is -1.79. The molecule has 0 aliphatic heterocycles. The van der Waals surface area contributed by atoms with Gasteiger partial charge in [0, 0.05) is 9.79 Å². The summed E-state index contributed by atoms with van der Waals surface area (Å²) >= 11 is 1.48. The zero-order valence-electron chi connectivity index (χ0n) is 10.9. The standard InChI is InChI=1S/C16H14FNS/c1-11(2)12-3-6-15(7-4-12)19-16-8-5-14(17)9-13(16)10-18/h3-9,11H,1-2H3. The Morgan fingerprint density at radius 2 is 1.79 bits per heavy atom. The molecule has 3 heteroatoms. The van der Waals surface area contributed by atoms with E-state index in [2.05, 4.69) is 26.0 Å². The first-order valence-corrected chi connectivity index (χ1v) is 6.89. The molecule has 0 aliphatic carbocycles. The summed E-state index contributed by atoms with van der Waals surface area (Å²) < 4.78 is 13.1. The Labute approximate surface area is 117 Å². The molecule has 0 heterocycles. The molecule has 96 valence electrons. The van der Waals surface area contributed by atoms with Gasteiger partial charge in [-0.3, -0.25) is 0 Å². The number of hydrogen-bond donors (Lipinski definition) is 0. The van der Waals surface area contributed by atoms with Crippen molar-refractivity contribution in [3.63, 3.8) is 0 Å². The van der Waals surface area contributed by atoms with Crippen LogP contribution in [-0.4, -0.2) is 0 Å².